The lowest BCUT2D eigenvalue weighted by Gasteiger charge is -2.28. The van der Waals surface area contributed by atoms with Crippen LogP contribution in [-0.4, -0.2) is 23.4 Å². The highest BCUT2D eigenvalue weighted by Gasteiger charge is 2.49. The molecular weight excluding hydrogens is 337 g/mol. The number of carbonyl (C=O) groups is 1. The number of ether oxygens (including phenoxy) is 2. The van der Waals surface area contributed by atoms with Crippen molar-refractivity contribution in [2.45, 2.75) is 12.5 Å². The minimum Gasteiger partial charge on any atom is -0.447 e. The number of pyridine rings is 1. The summed E-state index contributed by atoms with van der Waals surface area (Å²) < 4.78 is 48.0. The summed E-state index contributed by atoms with van der Waals surface area (Å²) in [6, 6.07) is 6.62. The number of rotatable bonds is 2. The van der Waals surface area contributed by atoms with E-state index in [4.69, 9.17) is 11.6 Å². The molecule has 9 heteroatoms. The van der Waals surface area contributed by atoms with Gasteiger partial charge in [0.25, 0.3) is 5.91 Å². The predicted molar refractivity (Wildman–Crippen MR) is 74.7 cm³/mol. The molecule has 1 amide bonds. The number of amides is 1. The summed E-state index contributed by atoms with van der Waals surface area (Å²) in [4.78, 5) is 15.8. The number of nitrogens with zero attached hydrogens (tertiary/aromatic N) is 1. The van der Waals surface area contributed by atoms with Gasteiger partial charge in [-0.2, -0.15) is 13.2 Å². The molecule has 5 nitrogen and oxygen atoms in total. The van der Waals surface area contributed by atoms with Crippen LogP contribution in [0.2, 0.25) is 5.15 Å². The quantitative estimate of drug-likeness (QED) is 0.845. The van der Waals surface area contributed by atoms with Crippen LogP contribution in [0.3, 0.4) is 0 Å². The largest absolute Gasteiger partial charge is 0.468 e. The molecule has 2 aromatic rings. The lowest BCUT2D eigenvalue weighted by molar-refractivity contribution is -0.281. The Labute approximate surface area is 133 Å². The first kappa shape index (κ1) is 15.4. The summed E-state index contributed by atoms with van der Waals surface area (Å²) in [6.45, 7) is 0. The highest BCUT2D eigenvalue weighted by molar-refractivity contribution is 6.33. The lowest BCUT2D eigenvalue weighted by atomic mass is 10.2. The Bertz CT molecular complexity index is 773. The number of aromatic nitrogens is 1. The van der Waals surface area contributed by atoms with Crippen molar-refractivity contribution in [2.75, 3.05) is 5.32 Å². The number of nitrogens with one attached hydrogen (secondary N) is 1. The van der Waals surface area contributed by atoms with Gasteiger partial charge in [0.15, 0.2) is 11.5 Å². The number of alkyl halides is 3. The number of hydrogen-bond acceptors (Lipinski definition) is 4. The maximum absolute atomic E-state index is 13.2. The van der Waals surface area contributed by atoms with E-state index in [9.17, 15) is 18.0 Å². The van der Waals surface area contributed by atoms with Gasteiger partial charge in [0.05, 0.1) is 5.56 Å². The second-order valence-corrected chi connectivity index (χ2v) is 4.91. The van der Waals surface area contributed by atoms with Crippen molar-refractivity contribution in [1.29, 1.82) is 0 Å². The molecule has 3 rings (SSSR count). The molecule has 0 bridgehead atoms. The maximum atomic E-state index is 13.2. The molecule has 23 heavy (non-hydrogen) atoms. The number of halogens is 4. The average Bonchev–Trinajstić information content (AvgIpc) is 2.48. The zero-order chi connectivity index (χ0) is 16.6. The second-order valence-electron chi connectivity index (χ2n) is 4.56. The first-order valence-electron chi connectivity index (χ1n) is 6.30. The standard InChI is InChI=1S/C14H8ClF3N2O3/c15-11-8(2-1-5-19-11)12(21)20-7-3-4-9-10(6-7)23-14(17,18)13(16)22-9/h1-6,13H,(H,20,21). The highest BCUT2D eigenvalue weighted by Crippen LogP contribution is 2.41. The fourth-order valence-electron chi connectivity index (χ4n) is 1.89. The molecule has 1 N–H and O–H groups in total. The second kappa shape index (κ2) is 5.62. The van der Waals surface area contributed by atoms with Gasteiger partial charge in [0.1, 0.15) is 5.15 Å². The van der Waals surface area contributed by atoms with Gasteiger partial charge in [-0.1, -0.05) is 11.6 Å². The summed E-state index contributed by atoms with van der Waals surface area (Å²) in [6.07, 6.45) is -5.59. The molecule has 0 spiro atoms. The van der Waals surface area contributed by atoms with Crippen LogP contribution in [0.4, 0.5) is 18.9 Å². The van der Waals surface area contributed by atoms with E-state index >= 15 is 0 Å². The molecule has 2 heterocycles. The normalized spacial score (nSPS) is 18.3. The molecule has 1 aromatic heterocycles. The Morgan fingerprint density at radius 3 is 2.83 bits per heavy atom. The van der Waals surface area contributed by atoms with Gasteiger partial charge in [-0.05, 0) is 24.3 Å². The molecule has 1 aliphatic rings. The predicted octanol–water partition coefficient (Wildman–Crippen LogP) is 3.65. The van der Waals surface area contributed by atoms with Crippen molar-refractivity contribution in [3.8, 4) is 11.5 Å². The smallest absolute Gasteiger partial charge is 0.447 e. The molecule has 1 unspecified atom stereocenters. The van der Waals surface area contributed by atoms with Crippen LogP contribution in [0, 0.1) is 0 Å². The first-order valence-corrected chi connectivity index (χ1v) is 6.68. The SMILES string of the molecule is O=C(Nc1ccc2c(c1)OC(F)(F)C(F)O2)c1cccnc1Cl. The Balaban J connectivity index is 1.83. The molecule has 0 fully saturated rings. The van der Waals surface area contributed by atoms with Crippen LogP contribution in [0.1, 0.15) is 10.4 Å². The number of benzene rings is 1. The third-order valence-electron chi connectivity index (χ3n) is 2.95. The number of carbonyl (C=O) groups excluding carboxylic acids is 1. The van der Waals surface area contributed by atoms with Crippen molar-refractivity contribution in [3.05, 3.63) is 47.2 Å². The van der Waals surface area contributed by atoms with E-state index in [-0.39, 0.29) is 27.9 Å². The summed E-state index contributed by atoms with van der Waals surface area (Å²) in [5.41, 5.74) is 0.253. The summed E-state index contributed by atoms with van der Waals surface area (Å²) >= 11 is 5.80. The van der Waals surface area contributed by atoms with E-state index in [0.29, 0.717) is 0 Å². The van der Waals surface area contributed by atoms with Crippen LogP contribution < -0.4 is 14.8 Å². The van der Waals surface area contributed by atoms with Crippen molar-refractivity contribution in [3.63, 3.8) is 0 Å². The molecule has 120 valence electrons. The van der Waals surface area contributed by atoms with Gasteiger partial charge in [-0.15, -0.1) is 0 Å². The minimum atomic E-state index is -4.11. The van der Waals surface area contributed by atoms with Crippen molar-refractivity contribution in [1.82, 2.24) is 4.98 Å². The molecule has 1 aliphatic heterocycles. The van der Waals surface area contributed by atoms with Crippen LogP contribution in [-0.2, 0) is 0 Å². The molecule has 0 saturated heterocycles. The molecule has 0 saturated carbocycles. The van der Waals surface area contributed by atoms with Crippen LogP contribution in [0.5, 0.6) is 11.5 Å². The lowest BCUT2D eigenvalue weighted by Crippen LogP contribution is -2.43. The first-order chi connectivity index (χ1) is 10.9. The van der Waals surface area contributed by atoms with E-state index in [1.165, 1.54) is 30.5 Å². The molecule has 0 radical (unpaired) electrons. The summed E-state index contributed by atoms with van der Waals surface area (Å²) in [7, 11) is 0. The average molecular weight is 345 g/mol. The van der Waals surface area contributed by atoms with Crippen molar-refractivity contribution in [2.24, 2.45) is 0 Å². The van der Waals surface area contributed by atoms with Gasteiger partial charge in [-0.25, -0.2) is 4.98 Å². The van der Waals surface area contributed by atoms with E-state index < -0.39 is 18.4 Å². The summed E-state index contributed by atoms with van der Waals surface area (Å²) in [5, 5.41) is 2.44. The topological polar surface area (TPSA) is 60.5 Å². The van der Waals surface area contributed by atoms with E-state index in [1.54, 1.807) is 0 Å². The Morgan fingerprint density at radius 2 is 2.09 bits per heavy atom. The maximum Gasteiger partial charge on any atom is 0.468 e. The van der Waals surface area contributed by atoms with Crippen molar-refractivity contribution < 1.29 is 27.4 Å². The monoisotopic (exact) mass is 344 g/mol. The number of anilines is 1. The third kappa shape index (κ3) is 3.02. The van der Waals surface area contributed by atoms with Gasteiger partial charge in [0, 0.05) is 18.0 Å². The van der Waals surface area contributed by atoms with E-state index in [1.807, 2.05) is 0 Å². The fourth-order valence-corrected chi connectivity index (χ4v) is 2.09. The molecule has 1 aromatic carbocycles. The van der Waals surface area contributed by atoms with E-state index in [2.05, 4.69) is 19.8 Å². The van der Waals surface area contributed by atoms with E-state index in [0.717, 1.165) is 6.07 Å². The minimum absolute atomic E-state index is 0.00523. The highest BCUT2D eigenvalue weighted by atomic mass is 35.5. The molecular formula is C14H8ClF3N2O3. The molecule has 1 atom stereocenters. The Kier molecular flexibility index (Phi) is 3.77. The third-order valence-corrected chi connectivity index (χ3v) is 3.25. The zero-order valence-electron chi connectivity index (χ0n) is 11.2. The van der Waals surface area contributed by atoms with Gasteiger partial charge >= 0.3 is 12.5 Å². The van der Waals surface area contributed by atoms with Crippen molar-refractivity contribution >= 4 is 23.2 Å². The van der Waals surface area contributed by atoms with Gasteiger partial charge in [0.2, 0.25) is 0 Å². The van der Waals surface area contributed by atoms with Crippen LogP contribution in [0.15, 0.2) is 36.5 Å². The Morgan fingerprint density at radius 1 is 1.30 bits per heavy atom. The number of hydrogen-bond donors (Lipinski definition) is 1. The fraction of sp³-hybridized carbons (Fsp3) is 0.143. The van der Waals surface area contributed by atoms with Gasteiger partial charge < -0.3 is 14.8 Å². The van der Waals surface area contributed by atoms with Gasteiger partial charge in [-0.3, -0.25) is 4.79 Å². The van der Waals surface area contributed by atoms with Crippen LogP contribution in [0.25, 0.3) is 0 Å². The number of fused-ring (bicyclic) bond motifs is 1. The molecule has 0 aliphatic carbocycles. The Hall–Kier alpha value is -2.48. The zero-order valence-corrected chi connectivity index (χ0v) is 12.0. The van der Waals surface area contributed by atoms with Crippen LogP contribution >= 0.6 is 11.6 Å². The summed E-state index contributed by atoms with van der Waals surface area (Å²) in [5.74, 6) is -1.17.